The molecule has 0 fully saturated rings. The van der Waals surface area contributed by atoms with Crippen molar-refractivity contribution < 1.29 is 0 Å². The van der Waals surface area contributed by atoms with Crippen molar-refractivity contribution in [2.24, 2.45) is 0 Å². The monoisotopic (exact) mass is 368 g/mol. The van der Waals surface area contributed by atoms with Crippen molar-refractivity contribution in [1.82, 2.24) is 19.9 Å². The summed E-state index contributed by atoms with van der Waals surface area (Å²) >= 11 is 0. The summed E-state index contributed by atoms with van der Waals surface area (Å²) in [6.07, 6.45) is 11.1. The molecule has 4 aromatic rings. The molecule has 28 heavy (non-hydrogen) atoms. The highest BCUT2D eigenvalue weighted by molar-refractivity contribution is 5.10. The molecule has 140 valence electrons. The zero-order chi connectivity index (χ0) is 19.3. The van der Waals surface area contributed by atoms with E-state index in [4.69, 9.17) is 0 Å². The van der Waals surface area contributed by atoms with Gasteiger partial charge in [-0.3, -0.25) is 19.9 Å². The summed E-state index contributed by atoms with van der Waals surface area (Å²) in [7, 11) is 0. The second-order valence-electron chi connectivity index (χ2n) is 6.28. The third-order valence-corrected chi connectivity index (χ3v) is 4.18. The van der Waals surface area contributed by atoms with E-state index in [1.54, 1.807) is 0 Å². The number of aryl methyl sites for hydroxylation is 4. The van der Waals surface area contributed by atoms with Crippen molar-refractivity contribution in [2.45, 2.75) is 25.7 Å². The van der Waals surface area contributed by atoms with Gasteiger partial charge in [0.15, 0.2) is 0 Å². The topological polar surface area (TPSA) is 51.6 Å². The highest BCUT2D eigenvalue weighted by Crippen LogP contribution is 2.02. The zero-order valence-corrected chi connectivity index (χ0v) is 15.9. The lowest BCUT2D eigenvalue weighted by Crippen LogP contribution is -1.95. The molecule has 0 aliphatic heterocycles. The molecule has 4 nitrogen and oxygen atoms in total. The molecule has 0 saturated carbocycles. The van der Waals surface area contributed by atoms with E-state index in [2.05, 4.69) is 19.9 Å². The molecule has 0 amide bonds. The van der Waals surface area contributed by atoms with E-state index in [0.29, 0.717) is 0 Å². The quantitative estimate of drug-likeness (QED) is 0.502. The van der Waals surface area contributed by atoms with Gasteiger partial charge in [0.1, 0.15) is 0 Å². The first-order valence-corrected chi connectivity index (χ1v) is 9.50. The molecule has 0 spiro atoms. The third kappa shape index (κ3) is 7.08. The second kappa shape index (κ2) is 11.3. The fraction of sp³-hybridized carbons (Fsp3) is 0.167. The lowest BCUT2D eigenvalue weighted by Gasteiger charge is -1.99. The summed E-state index contributed by atoms with van der Waals surface area (Å²) in [6.45, 7) is 0. The molecular weight excluding hydrogens is 344 g/mol. The maximum Gasteiger partial charge on any atom is 0.0407 e. The Morgan fingerprint density at radius 3 is 0.786 bits per heavy atom. The van der Waals surface area contributed by atoms with Crippen LogP contribution in [0, 0.1) is 0 Å². The van der Waals surface area contributed by atoms with E-state index in [-0.39, 0.29) is 0 Å². The van der Waals surface area contributed by atoms with E-state index in [9.17, 15) is 0 Å². The van der Waals surface area contributed by atoms with Crippen LogP contribution in [0.5, 0.6) is 0 Å². The number of hydrogen-bond acceptors (Lipinski definition) is 4. The first-order chi connectivity index (χ1) is 13.9. The van der Waals surface area contributed by atoms with Gasteiger partial charge < -0.3 is 0 Å². The van der Waals surface area contributed by atoms with E-state index in [0.717, 1.165) is 48.5 Å². The minimum Gasteiger partial charge on any atom is -0.261 e. The van der Waals surface area contributed by atoms with Gasteiger partial charge >= 0.3 is 0 Å². The van der Waals surface area contributed by atoms with Crippen LogP contribution in [0.25, 0.3) is 0 Å². The van der Waals surface area contributed by atoms with Crippen LogP contribution in [0.4, 0.5) is 0 Å². The number of hydrogen-bond donors (Lipinski definition) is 0. The second-order valence-corrected chi connectivity index (χ2v) is 6.28. The Labute approximate surface area is 166 Å². The zero-order valence-electron chi connectivity index (χ0n) is 15.9. The van der Waals surface area contributed by atoms with Crippen molar-refractivity contribution in [2.75, 3.05) is 0 Å². The number of aromatic nitrogens is 4. The molecule has 0 unspecified atom stereocenters. The Morgan fingerprint density at radius 2 is 0.607 bits per heavy atom. The van der Waals surface area contributed by atoms with Gasteiger partial charge in [0.2, 0.25) is 0 Å². The summed E-state index contributed by atoms with van der Waals surface area (Å²) in [5.41, 5.74) is 4.49. The maximum atomic E-state index is 4.27. The molecule has 4 heteroatoms. The van der Waals surface area contributed by atoms with Crippen LogP contribution in [0.1, 0.15) is 22.8 Å². The molecule has 0 aliphatic carbocycles. The highest BCUT2D eigenvalue weighted by atomic mass is 14.7. The van der Waals surface area contributed by atoms with Gasteiger partial charge in [0, 0.05) is 47.6 Å². The Morgan fingerprint density at radius 1 is 0.357 bits per heavy atom. The smallest absolute Gasteiger partial charge is 0.0407 e. The lowest BCUT2D eigenvalue weighted by molar-refractivity contribution is 0.880. The van der Waals surface area contributed by atoms with Gasteiger partial charge in [0.05, 0.1) is 0 Å². The van der Waals surface area contributed by atoms with Crippen molar-refractivity contribution >= 4 is 0 Å². The molecule has 0 aliphatic rings. The average Bonchev–Trinajstić information content (AvgIpc) is 2.80. The molecule has 0 bridgehead atoms. The Kier molecular flexibility index (Phi) is 7.84. The summed E-state index contributed by atoms with van der Waals surface area (Å²) < 4.78 is 0. The van der Waals surface area contributed by atoms with Crippen LogP contribution >= 0.6 is 0 Å². The number of rotatable bonds is 6. The predicted octanol–water partition coefficient (Wildman–Crippen LogP) is 4.52. The highest BCUT2D eigenvalue weighted by Gasteiger charge is 1.96. The largest absolute Gasteiger partial charge is 0.261 e. The van der Waals surface area contributed by atoms with Crippen molar-refractivity contribution in [3.63, 3.8) is 0 Å². The van der Waals surface area contributed by atoms with Crippen LogP contribution in [-0.2, 0) is 25.7 Å². The SMILES string of the molecule is c1ccc(CCc2ccccn2)nc1.c1ccc(CCc2ccccn2)nc1. The molecule has 0 N–H and O–H groups in total. The van der Waals surface area contributed by atoms with Crippen molar-refractivity contribution in [3.8, 4) is 0 Å². The van der Waals surface area contributed by atoms with Gasteiger partial charge in [-0.05, 0) is 74.2 Å². The van der Waals surface area contributed by atoms with Crippen LogP contribution < -0.4 is 0 Å². The van der Waals surface area contributed by atoms with Crippen LogP contribution in [0.15, 0.2) is 97.6 Å². The summed E-state index contributed by atoms with van der Waals surface area (Å²) in [5, 5.41) is 0. The Hall–Kier alpha value is -3.40. The number of nitrogens with zero attached hydrogens (tertiary/aromatic N) is 4. The standard InChI is InChI=1S/2C12H12N2/c2*1-3-9-13-11(5-1)7-8-12-6-2-4-10-14-12/h2*1-6,9-10H,7-8H2. The maximum absolute atomic E-state index is 4.27. The van der Waals surface area contributed by atoms with E-state index in [1.165, 1.54) is 0 Å². The molecule has 4 rings (SSSR count). The van der Waals surface area contributed by atoms with Gasteiger partial charge in [-0.25, -0.2) is 0 Å². The minimum atomic E-state index is 0.956. The van der Waals surface area contributed by atoms with Gasteiger partial charge in [-0.1, -0.05) is 24.3 Å². The summed E-state index contributed by atoms with van der Waals surface area (Å²) in [5.74, 6) is 0. The fourth-order valence-corrected chi connectivity index (χ4v) is 2.70. The van der Waals surface area contributed by atoms with Gasteiger partial charge in [-0.15, -0.1) is 0 Å². The first-order valence-electron chi connectivity index (χ1n) is 9.50. The fourth-order valence-electron chi connectivity index (χ4n) is 2.70. The predicted molar refractivity (Wildman–Crippen MR) is 112 cm³/mol. The summed E-state index contributed by atoms with van der Waals surface area (Å²) in [4.78, 5) is 17.1. The minimum absolute atomic E-state index is 0.956. The van der Waals surface area contributed by atoms with Crippen LogP contribution in [0.3, 0.4) is 0 Å². The van der Waals surface area contributed by atoms with Crippen LogP contribution in [0.2, 0.25) is 0 Å². The van der Waals surface area contributed by atoms with E-state index < -0.39 is 0 Å². The molecule has 4 aromatic heterocycles. The normalized spacial score (nSPS) is 10.0. The molecule has 0 atom stereocenters. The van der Waals surface area contributed by atoms with Crippen molar-refractivity contribution in [3.05, 3.63) is 120 Å². The van der Waals surface area contributed by atoms with Gasteiger partial charge in [0.25, 0.3) is 0 Å². The Balaban J connectivity index is 0.000000161. The molecule has 0 saturated heterocycles. The van der Waals surface area contributed by atoms with E-state index in [1.807, 2.05) is 97.6 Å². The molecule has 0 radical (unpaired) electrons. The lowest BCUT2D eigenvalue weighted by atomic mass is 10.1. The Bertz CT molecular complexity index is 740. The molecule has 4 heterocycles. The van der Waals surface area contributed by atoms with E-state index >= 15 is 0 Å². The molecule has 0 aromatic carbocycles. The van der Waals surface area contributed by atoms with Gasteiger partial charge in [-0.2, -0.15) is 0 Å². The average molecular weight is 368 g/mol. The number of pyridine rings is 4. The van der Waals surface area contributed by atoms with Crippen LogP contribution in [-0.4, -0.2) is 19.9 Å². The van der Waals surface area contributed by atoms with Crippen molar-refractivity contribution in [1.29, 1.82) is 0 Å². The summed E-state index contributed by atoms with van der Waals surface area (Å²) in [6, 6.07) is 24.0. The molecular formula is C24H24N4. The third-order valence-electron chi connectivity index (χ3n) is 4.18. The first kappa shape index (κ1) is 19.4.